The van der Waals surface area contributed by atoms with Crippen molar-refractivity contribution < 1.29 is 18.7 Å². The molecule has 1 unspecified atom stereocenters. The van der Waals surface area contributed by atoms with Crippen molar-refractivity contribution in [3.05, 3.63) is 24.0 Å². The number of anilines is 2. The number of hydrogen-bond acceptors (Lipinski definition) is 6. The first kappa shape index (κ1) is 17.3. The molecule has 2 aliphatic heterocycles. The summed E-state index contributed by atoms with van der Waals surface area (Å²) in [5, 5.41) is 3.09. The first-order chi connectivity index (χ1) is 12.5. The monoisotopic (exact) mass is 380 g/mol. The highest BCUT2D eigenvalue weighted by Crippen LogP contribution is 2.45. The minimum Gasteiger partial charge on any atom is -0.474 e. The van der Waals surface area contributed by atoms with E-state index in [1.165, 1.54) is 18.1 Å². The fourth-order valence-corrected chi connectivity index (χ4v) is 3.88. The van der Waals surface area contributed by atoms with Gasteiger partial charge in [-0.2, -0.15) is 0 Å². The first-order valence-corrected chi connectivity index (χ1v) is 8.99. The molecule has 1 saturated carbocycles. The van der Waals surface area contributed by atoms with Gasteiger partial charge in [0.25, 0.3) is 5.17 Å². The summed E-state index contributed by atoms with van der Waals surface area (Å²) in [6.07, 6.45) is -0.883. The number of nitrogens with one attached hydrogen (secondary N) is 1. The zero-order chi connectivity index (χ0) is 18.4. The van der Waals surface area contributed by atoms with Gasteiger partial charge in [-0.1, -0.05) is 0 Å². The Bertz CT molecular complexity index is 737. The quantitative estimate of drug-likeness (QED) is 0.756. The maximum atomic E-state index is 14.6. The molecule has 1 aromatic rings. The first-order valence-electron chi connectivity index (χ1n) is 8.58. The number of amides is 1. The van der Waals surface area contributed by atoms with Crippen LogP contribution in [0, 0.1) is 17.7 Å². The third kappa shape index (κ3) is 3.05. The molecule has 9 heteroatoms. The van der Waals surface area contributed by atoms with Gasteiger partial charge in [-0.3, -0.25) is 4.90 Å². The van der Waals surface area contributed by atoms with Crippen molar-refractivity contribution in [1.29, 1.82) is 0 Å². The van der Waals surface area contributed by atoms with Crippen molar-refractivity contribution in [3.63, 3.8) is 0 Å². The molecule has 2 saturated heterocycles. The van der Waals surface area contributed by atoms with E-state index in [4.69, 9.17) is 27.4 Å². The second kappa shape index (κ2) is 6.55. The van der Waals surface area contributed by atoms with Gasteiger partial charge in [-0.25, -0.2) is 9.18 Å². The van der Waals surface area contributed by atoms with E-state index in [1.807, 2.05) is 4.90 Å². The van der Waals surface area contributed by atoms with Crippen LogP contribution in [0.1, 0.15) is 0 Å². The Hall–Kier alpha value is -2.13. The Morgan fingerprint density at radius 2 is 2.15 bits per heavy atom. The normalized spacial score (nSPS) is 29.4. The number of piperidine rings is 1. The minimum absolute atomic E-state index is 0.235. The van der Waals surface area contributed by atoms with E-state index >= 15 is 0 Å². The molecule has 4 rings (SSSR count). The standard InChI is InChI=1S/C17H21FN4O3S/c1-24-16(26)20-5-10-6-22(17(23)25-10)9-2-3-14(13(18)4-9)21-7-11-12(8-21)15(11)19/h2-4,10-12,15H,5-8,19H2,1H3,(H,20,26)/t10-,11-,12+,15?/m0/s1. The highest BCUT2D eigenvalue weighted by Gasteiger charge is 2.53. The van der Waals surface area contributed by atoms with E-state index in [0.29, 0.717) is 36.3 Å². The van der Waals surface area contributed by atoms with Crippen LogP contribution in [0.3, 0.4) is 0 Å². The van der Waals surface area contributed by atoms with Crippen LogP contribution in [0.5, 0.6) is 0 Å². The van der Waals surface area contributed by atoms with Crippen LogP contribution in [0.25, 0.3) is 0 Å². The van der Waals surface area contributed by atoms with E-state index in [1.54, 1.807) is 12.1 Å². The maximum absolute atomic E-state index is 14.6. The largest absolute Gasteiger partial charge is 0.474 e. The molecule has 0 radical (unpaired) electrons. The molecule has 0 aromatic heterocycles. The average Bonchev–Trinajstić information content (AvgIpc) is 2.99. The molecule has 3 N–H and O–H groups in total. The lowest BCUT2D eigenvalue weighted by atomic mass is 10.2. The van der Waals surface area contributed by atoms with Gasteiger partial charge < -0.3 is 25.4 Å². The zero-order valence-corrected chi connectivity index (χ0v) is 15.2. The lowest BCUT2D eigenvalue weighted by molar-refractivity contribution is 0.142. The van der Waals surface area contributed by atoms with Crippen LogP contribution in [-0.4, -0.2) is 56.7 Å². The SMILES string of the molecule is COC(=S)NC[C@H]1CN(c2ccc(N3C[C@@H]4C(N)[C@@H]4C3)c(F)c2)C(=O)O1. The Balaban J connectivity index is 1.41. The van der Waals surface area contributed by atoms with Crippen molar-refractivity contribution in [1.82, 2.24) is 5.32 Å². The summed E-state index contributed by atoms with van der Waals surface area (Å²) in [6.45, 7) is 2.24. The number of nitrogens with two attached hydrogens (primary N) is 1. The third-order valence-corrected chi connectivity index (χ3v) is 5.69. The molecular formula is C17H21FN4O3S. The molecule has 2 heterocycles. The van der Waals surface area contributed by atoms with Gasteiger partial charge in [-0.15, -0.1) is 0 Å². The second-order valence-electron chi connectivity index (χ2n) is 6.93. The summed E-state index contributed by atoms with van der Waals surface area (Å²) in [4.78, 5) is 15.6. The van der Waals surface area contributed by atoms with Crippen LogP contribution in [0.4, 0.5) is 20.6 Å². The van der Waals surface area contributed by atoms with E-state index < -0.39 is 6.09 Å². The van der Waals surface area contributed by atoms with Crippen LogP contribution in [-0.2, 0) is 9.47 Å². The third-order valence-electron chi connectivity index (χ3n) is 5.38. The molecule has 26 heavy (non-hydrogen) atoms. The fraction of sp³-hybridized carbons (Fsp3) is 0.529. The summed E-state index contributed by atoms with van der Waals surface area (Å²) in [6, 6.07) is 5.12. The lowest BCUT2D eigenvalue weighted by Crippen LogP contribution is -2.34. The van der Waals surface area contributed by atoms with Crippen molar-refractivity contribution in [2.75, 3.05) is 43.1 Å². The Labute approximate surface area is 156 Å². The Morgan fingerprint density at radius 3 is 2.81 bits per heavy atom. The molecular weight excluding hydrogens is 359 g/mol. The van der Waals surface area contributed by atoms with Crippen molar-refractivity contribution in [2.24, 2.45) is 17.6 Å². The fourth-order valence-electron chi connectivity index (χ4n) is 3.80. The van der Waals surface area contributed by atoms with E-state index in [-0.39, 0.29) is 23.1 Å². The number of rotatable bonds is 4. The topological polar surface area (TPSA) is 80.1 Å². The number of ether oxygens (including phenoxy) is 2. The van der Waals surface area contributed by atoms with Gasteiger partial charge in [0, 0.05) is 19.1 Å². The van der Waals surface area contributed by atoms with Crippen LogP contribution >= 0.6 is 12.2 Å². The number of fused-ring (bicyclic) bond motifs is 1. The molecule has 1 amide bonds. The van der Waals surface area contributed by atoms with Crippen LogP contribution < -0.4 is 20.9 Å². The average molecular weight is 380 g/mol. The van der Waals surface area contributed by atoms with Crippen molar-refractivity contribution in [2.45, 2.75) is 12.1 Å². The number of nitrogens with zero attached hydrogens (tertiary/aromatic N) is 2. The van der Waals surface area contributed by atoms with Crippen molar-refractivity contribution in [3.8, 4) is 0 Å². The molecule has 0 spiro atoms. The van der Waals surface area contributed by atoms with Crippen LogP contribution in [0.15, 0.2) is 18.2 Å². The summed E-state index contributed by atoms with van der Waals surface area (Å²) in [5.74, 6) is 0.621. The number of carbonyl (C=O) groups is 1. The number of hydrogen-bond donors (Lipinski definition) is 2. The Morgan fingerprint density at radius 1 is 1.42 bits per heavy atom. The molecule has 1 aliphatic carbocycles. The summed E-state index contributed by atoms with van der Waals surface area (Å²) < 4.78 is 24.8. The number of thiocarbonyl (C=S) groups is 1. The van der Waals surface area contributed by atoms with E-state index in [9.17, 15) is 9.18 Å². The molecule has 1 aromatic carbocycles. The molecule has 140 valence electrons. The number of halogens is 1. The summed E-state index contributed by atoms with van der Waals surface area (Å²) in [7, 11) is 1.46. The lowest BCUT2D eigenvalue weighted by Gasteiger charge is -2.23. The smallest absolute Gasteiger partial charge is 0.414 e. The predicted molar refractivity (Wildman–Crippen MR) is 98.8 cm³/mol. The van der Waals surface area contributed by atoms with Gasteiger partial charge in [-0.05, 0) is 42.3 Å². The van der Waals surface area contributed by atoms with E-state index in [0.717, 1.165) is 13.1 Å². The number of cyclic esters (lactones) is 1. The summed E-state index contributed by atoms with van der Waals surface area (Å²) in [5.41, 5.74) is 6.98. The maximum Gasteiger partial charge on any atom is 0.414 e. The zero-order valence-electron chi connectivity index (χ0n) is 14.4. The molecule has 3 aliphatic rings. The number of carbonyl (C=O) groups excluding carboxylic acids is 1. The van der Waals surface area contributed by atoms with E-state index in [2.05, 4.69) is 5.32 Å². The van der Waals surface area contributed by atoms with Gasteiger partial charge in [0.05, 0.1) is 31.6 Å². The van der Waals surface area contributed by atoms with Crippen LogP contribution in [0.2, 0.25) is 0 Å². The molecule has 7 nitrogen and oxygen atoms in total. The highest BCUT2D eigenvalue weighted by atomic mass is 32.1. The Kier molecular flexibility index (Phi) is 4.36. The second-order valence-corrected chi connectivity index (χ2v) is 7.31. The highest BCUT2D eigenvalue weighted by molar-refractivity contribution is 7.80. The predicted octanol–water partition coefficient (Wildman–Crippen LogP) is 1.07. The minimum atomic E-state index is -0.499. The van der Waals surface area contributed by atoms with Gasteiger partial charge in [0.1, 0.15) is 11.9 Å². The van der Waals surface area contributed by atoms with Gasteiger partial charge in [0.15, 0.2) is 0 Å². The summed E-state index contributed by atoms with van der Waals surface area (Å²) >= 11 is 4.90. The van der Waals surface area contributed by atoms with Crippen molar-refractivity contribution >= 4 is 34.9 Å². The number of methoxy groups -OCH3 is 1. The number of benzene rings is 1. The molecule has 4 atom stereocenters. The van der Waals surface area contributed by atoms with Gasteiger partial charge >= 0.3 is 6.09 Å². The molecule has 0 bridgehead atoms. The van der Waals surface area contributed by atoms with Gasteiger partial charge in [0.2, 0.25) is 0 Å². The molecule has 3 fully saturated rings.